The van der Waals surface area contributed by atoms with E-state index in [9.17, 15) is 0 Å². The van der Waals surface area contributed by atoms with Crippen molar-refractivity contribution in [2.45, 2.75) is 12.0 Å². The quantitative estimate of drug-likeness (QED) is 0.884. The molecule has 0 spiro atoms. The van der Waals surface area contributed by atoms with Gasteiger partial charge in [0.2, 0.25) is 0 Å². The van der Waals surface area contributed by atoms with Gasteiger partial charge < -0.3 is 10.1 Å². The van der Waals surface area contributed by atoms with E-state index in [1.807, 2.05) is 12.1 Å². The number of hydrogen-bond donors (Lipinski definition) is 1. The van der Waals surface area contributed by atoms with Crippen molar-refractivity contribution in [3.63, 3.8) is 0 Å². The predicted octanol–water partition coefficient (Wildman–Crippen LogP) is 2.52. The van der Waals surface area contributed by atoms with Crippen LogP contribution in [0.3, 0.4) is 0 Å². The van der Waals surface area contributed by atoms with Crippen molar-refractivity contribution in [2.75, 3.05) is 20.2 Å². The summed E-state index contributed by atoms with van der Waals surface area (Å²) in [5.74, 6) is 0. The summed E-state index contributed by atoms with van der Waals surface area (Å²) in [5.41, 5.74) is 0.946. The lowest BCUT2D eigenvalue weighted by Crippen LogP contribution is -2.61. The Kier molecular flexibility index (Phi) is 3.21. The molecule has 1 aromatic carbocycles. The van der Waals surface area contributed by atoms with Crippen molar-refractivity contribution < 1.29 is 4.74 Å². The van der Waals surface area contributed by atoms with E-state index in [-0.39, 0.29) is 5.60 Å². The molecule has 0 aromatic heterocycles. The normalized spacial score (nSPS) is 18.6. The first-order chi connectivity index (χ1) is 7.17. The van der Waals surface area contributed by atoms with E-state index in [0.29, 0.717) is 10.0 Å². The third kappa shape index (κ3) is 2.13. The molecule has 0 radical (unpaired) electrons. The lowest BCUT2D eigenvalue weighted by Gasteiger charge is -2.41. The fourth-order valence-corrected chi connectivity index (χ4v) is 2.16. The van der Waals surface area contributed by atoms with Gasteiger partial charge in [-0.05, 0) is 11.6 Å². The van der Waals surface area contributed by atoms with Crippen LogP contribution >= 0.6 is 23.2 Å². The number of halogens is 2. The lowest BCUT2D eigenvalue weighted by molar-refractivity contribution is -0.0502. The van der Waals surface area contributed by atoms with Crippen LogP contribution < -0.4 is 5.32 Å². The Labute approximate surface area is 99.5 Å². The highest BCUT2D eigenvalue weighted by Crippen LogP contribution is 2.30. The number of rotatable bonds is 3. The Hall–Kier alpha value is -0.280. The Morgan fingerprint density at radius 3 is 2.67 bits per heavy atom. The second-order valence-electron chi connectivity index (χ2n) is 3.88. The third-order valence-corrected chi connectivity index (χ3v) is 3.73. The monoisotopic (exact) mass is 245 g/mol. The minimum atomic E-state index is -0.103. The van der Waals surface area contributed by atoms with Gasteiger partial charge in [0.1, 0.15) is 0 Å². The van der Waals surface area contributed by atoms with Gasteiger partial charge in [0.15, 0.2) is 0 Å². The molecule has 1 aliphatic rings. The topological polar surface area (TPSA) is 21.3 Å². The second kappa shape index (κ2) is 4.30. The van der Waals surface area contributed by atoms with Gasteiger partial charge >= 0.3 is 0 Å². The van der Waals surface area contributed by atoms with Crippen LogP contribution in [-0.4, -0.2) is 25.8 Å². The standard InChI is InChI=1S/C11H13Cl2NO/c1-15-11(6-14-7-11)5-8-3-2-4-9(12)10(8)13/h2-4,14H,5-7H2,1H3. The van der Waals surface area contributed by atoms with Crippen LogP contribution in [-0.2, 0) is 11.2 Å². The van der Waals surface area contributed by atoms with Gasteiger partial charge in [-0.3, -0.25) is 0 Å². The number of methoxy groups -OCH3 is 1. The first-order valence-corrected chi connectivity index (χ1v) is 5.61. The highest BCUT2D eigenvalue weighted by atomic mass is 35.5. The third-order valence-electron chi connectivity index (χ3n) is 2.87. The first-order valence-electron chi connectivity index (χ1n) is 4.86. The molecule has 2 rings (SSSR count). The van der Waals surface area contributed by atoms with E-state index in [4.69, 9.17) is 27.9 Å². The minimum absolute atomic E-state index is 0.103. The molecule has 2 nitrogen and oxygen atoms in total. The summed E-state index contributed by atoms with van der Waals surface area (Å²) in [6.45, 7) is 1.73. The van der Waals surface area contributed by atoms with Crippen LogP contribution in [0, 0.1) is 0 Å². The molecule has 0 saturated carbocycles. The van der Waals surface area contributed by atoms with Gasteiger partial charge in [0.25, 0.3) is 0 Å². The fraction of sp³-hybridized carbons (Fsp3) is 0.455. The maximum atomic E-state index is 6.13. The largest absolute Gasteiger partial charge is 0.375 e. The van der Waals surface area contributed by atoms with Crippen molar-refractivity contribution >= 4 is 23.2 Å². The molecular formula is C11H13Cl2NO. The van der Waals surface area contributed by atoms with Crippen LogP contribution in [0.25, 0.3) is 0 Å². The minimum Gasteiger partial charge on any atom is -0.375 e. The summed E-state index contributed by atoms with van der Waals surface area (Å²) in [6, 6.07) is 5.71. The Morgan fingerprint density at radius 2 is 2.13 bits per heavy atom. The summed E-state index contributed by atoms with van der Waals surface area (Å²) < 4.78 is 5.51. The van der Waals surface area contributed by atoms with Crippen LogP contribution in [0.2, 0.25) is 10.0 Å². The number of benzene rings is 1. The van der Waals surface area contributed by atoms with Gasteiger partial charge in [-0.1, -0.05) is 35.3 Å². The number of ether oxygens (including phenoxy) is 1. The van der Waals surface area contributed by atoms with Crippen LogP contribution in [0.4, 0.5) is 0 Å². The maximum Gasteiger partial charge on any atom is 0.0966 e. The van der Waals surface area contributed by atoms with Crippen molar-refractivity contribution in [3.05, 3.63) is 33.8 Å². The van der Waals surface area contributed by atoms with Crippen LogP contribution in [0.1, 0.15) is 5.56 Å². The first kappa shape index (κ1) is 11.2. The van der Waals surface area contributed by atoms with Crippen LogP contribution in [0.15, 0.2) is 18.2 Å². The highest BCUT2D eigenvalue weighted by molar-refractivity contribution is 6.42. The highest BCUT2D eigenvalue weighted by Gasteiger charge is 2.37. The van der Waals surface area contributed by atoms with Gasteiger partial charge in [0, 0.05) is 26.6 Å². The molecule has 0 atom stereocenters. The summed E-state index contributed by atoms with van der Waals surface area (Å²) >= 11 is 12.1. The molecule has 0 amide bonds. The average molecular weight is 246 g/mol. The van der Waals surface area contributed by atoms with Crippen LogP contribution in [0.5, 0.6) is 0 Å². The van der Waals surface area contributed by atoms with Gasteiger partial charge in [0.05, 0.1) is 15.6 Å². The van der Waals surface area contributed by atoms with Crippen molar-refractivity contribution in [1.29, 1.82) is 0 Å². The summed E-state index contributed by atoms with van der Waals surface area (Å²) in [5, 5.41) is 4.45. The molecule has 1 saturated heterocycles. The smallest absolute Gasteiger partial charge is 0.0966 e. The summed E-state index contributed by atoms with van der Waals surface area (Å²) in [4.78, 5) is 0. The van der Waals surface area contributed by atoms with E-state index < -0.39 is 0 Å². The molecular weight excluding hydrogens is 233 g/mol. The van der Waals surface area contributed by atoms with E-state index >= 15 is 0 Å². The molecule has 1 N–H and O–H groups in total. The predicted molar refractivity (Wildman–Crippen MR) is 62.8 cm³/mol. The molecule has 1 fully saturated rings. The summed E-state index contributed by atoms with van der Waals surface area (Å²) in [6.07, 6.45) is 0.801. The fourth-order valence-electron chi connectivity index (χ4n) is 1.78. The van der Waals surface area contributed by atoms with Gasteiger partial charge in [-0.25, -0.2) is 0 Å². The number of hydrogen-bond acceptors (Lipinski definition) is 2. The second-order valence-corrected chi connectivity index (χ2v) is 4.67. The molecule has 1 heterocycles. The van der Waals surface area contributed by atoms with Gasteiger partial charge in [-0.15, -0.1) is 0 Å². The molecule has 1 aromatic rings. The molecule has 4 heteroatoms. The lowest BCUT2D eigenvalue weighted by atomic mass is 9.89. The van der Waals surface area contributed by atoms with Crippen molar-refractivity contribution in [2.24, 2.45) is 0 Å². The number of nitrogens with one attached hydrogen (secondary N) is 1. The van der Waals surface area contributed by atoms with E-state index in [1.54, 1.807) is 13.2 Å². The van der Waals surface area contributed by atoms with E-state index in [1.165, 1.54) is 0 Å². The molecule has 1 aliphatic heterocycles. The SMILES string of the molecule is COC1(Cc2cccc(Cl)c2Cl)CNC1. The van der Waals surface area contributed by atoms with E-state index in [0.717, 1.165) is 25.1 Å². The molecule has 82 valence electrons. The maximum absolute atomic E-state index is 6.13. The molecule has 0 bridgehead atoms. The van der Waals surface area contributed by atoms with Crippen molar-refractivity contribution in [3.8, 4) is 0 Å². The van der Waals surface area contributed by atoms with Gasteiger partial charge in [-0.2, -0.15) is 0 Å². The molecule has 0 unspecified atom stereocenters. The Bertz CT molecular complexity index is 358. The molecule has 15 heavy (non-hydrogen) atoms. The summed E-state index contributed by atoms with van der Waals surface area (Å²) in [7, 11) is 1.74. The zero-order chi connectivity index (χ0) is 10.9. The zero-order valence-electron chi connectivity index (χ0n) is 8.52. The van der Waals surface area contributed by atoms with E-state index in [2.05, 4.69) is 5.32 Å². The Balaban J connectivity index is 2.20. The molecule has 0 aliphatic carbocycles. The average Bonchev–Trinajstić information content (AvgIpc) is 2.18. The van der Waals surface area contributed by atoms with Crippen molar-refractivity contribution in [1.82, 2.24) is 5.32 Å². The zero-order valence-corrected chi connectivity index (χ0v) is 10.0. The Morgan fingerprint density at radius 1 is 1.40 bits per heavy atom.